The summed E-state index contributed by atoms with van der Waals surface area (Å²) >= 11 is 0. The van der Waals surface area contributed by atoms with Gasteiger partial charge >= 0.3 is 0 Å². The Balaban J connectivity index is 0.00000324. The summed E-state index contributed by atoms with van der Waals surface area (Å²) in [5.41, 5.74) is 0. The van der Waals surface area contributed by atoms with Crippen molar-refractivity contribution in [3.8, 4) is 0 Å². The molecule has 0 aromatic heterocycles. The topological polar surface area (TPSA) is 56.7 Å². The fourth-order valence-electron chi connectivity index (χ4n) is 1.74. The maximum absolute atomic E-state index is 11.4. The van der Waals surface area contributed by atoms with Crippen LogP contribution in [0.5, 0.6) is 0 Å². The third kappa shape index (κ3) is 7.39. The number of nitrogens with zero attached hydrogens (tertiary/aromatic N) is 2. The molecule has 1 amide bonds. The highest BCUT2D eigenvalue weighted by atomic mass is 127. The molecule has 5 nitrogen and oxygen atoms in total. The highest BCUT2D eigenvalue weighted by Crippen LogP contribution is 2.08. The van der Waals surface area contributed by atoms with Gasteiger partial charge in [0.1, 0.15) is 0 Å². The molecule has 110 valence electrons. The zero-order valence-electron chi connectivity index (χ0n) is 12.0. The summed E-state index contributed by atoms with van der Waals surface area (Å²) in [6, 6.07) is 0.437. The normalized spacial score (nSPS) is 15.0. The second-order valence-corrected chi connectivity index (χ2v) is 4.58. The Morgan fingerprint density at radius 2 is 2.00 bits per heavy atom. The molecular formula is C13H25IN4O. The summed E-state index contributed by atoms with van der Waals surface area (Å²) in [4.78, 5) is 17.4. The van der Waals surface area contributed by atoms with Crippen LogP contribution in [0.3, 0.4) is 0 Å². The Kier molecular flexibility index (Phi) is 9.63. The van der Waals surface area contributed by atoms with Crippen LogP contribution in [0, 0.1) is 0 Å². The monoisotopic (exact) mass is 380 g/mol. The first-order valence-electron chi connectivity index (χ1n) is 6.53. The van der Waals surface area contributed by atoms with Gasteiger partial charge in [0, 0.05) is 33.1 Å². The van der Waals surface area contributed by atoms with Crippen molar-refractivity contribution < 1.29 is 4.79 Å². The van der Waals surface area contributed by atoms with E-state index in [1.807, 2.05) is 6.92 Å². The first-order valence-corrected chi connectivity index (χ1v) is 6.53. The van der Waals surface area contributed by atoms with Crippen molar-refractivity contribution >= 4 is 35.8 Å². The number of aliphatic imine (C=N–C) groups is 1. The van der Waals surface area contributed by atoms with Crippen molar-refractivity contribution in [3.05, 3.63) is 12.2 Å². The van der Waals surface area contributed by atoms with Gasteiger partial charge in [-0.1, -0.05) is 12.2 Å². The van der Waals surface area contributed by atoms with E-state index in [1.54, 1.807) is 19.0 Å². The molecule has 0 saturated carbocycles. The van der Waals surface area contributed by atoms with Crippen LogP contribution >= 0.6 is 24.0 Å². The molecule has 0 radical (unpaired) electrons. The predicted molar refractivity (Wildman–Crippen MR) is 90.0 cm³/mol. The van der Waals surface area contributed by atoms with Crippen molar-refractivity contribution in [2.24, 2.45) is 4.99 Å². The average Bonchev–Trinajstić information content (AvgIpc) is 2.81. The summed E-state index contributed by atoms with van der Waals surface area (Å²) in [5, 5.41) is 6.57. The van der Waals surface area contributed by atoms with Gasteiger partial charge in [0.15, 0.2) is 5.96 Å². The summed E-state index contributed by atoms with van der Waals surface area (Å²) in [6.45, 7) is 3.38. The maximum atomic E-state index is 11.4. The number of halogens is 1. The maximum Gasteiger partial charge on any atom is 0.223 e. The van der Waals surface area contributed by atoms with Gasteiger partial charge < -0.3 is 15.5 Å². The molecule has 0 bridgehead atoms. The van der Waals surface area contributed by atoms with Crippen LogP contribution in [-0.2, 0) is 4.79 Å². The van der Waals surface area contributed by atoms with E-state index < -0.39 is 0 Å². The van der Waals surface area contributed by atoms with Gasteiger partial charge in [0.2, 0.25) is 5.91 Å². The van der Waals surface area contributed by atoms with Crippen LogP contribution in [0.4, 0.5) is 0 Å². The van der Waals surface area contributed by atoms with E-state index in [2.05, 4.69) is 27.8 Å². The minimum absolute atomic E-state index is 0. The van der Waals surface area contributed by atoms with E-state index >= 15 is 0 Å². The molecule has 0 aliphatic heterocycles. The van der Waals surface area contributed by atoms with Gasteiger partial charge in [-0.25, -0.2) is 0 Å². The summed E-state index contributed by atoms with van der Waals surface area (Å²) < 4.78 is 0. The second-order valence-electron chi connectivity index (χ2n) is 4.58. The standard InChI is InChI=1S/C13H24N4O.HI/c1-4-14-13(16-11-7-5-6-8-11)15-10-9-12(18)17(2)3;/h5-6,11H,4,7-10H2,1-3H3,(H2,14,15,16);1H. The first kappa shape index (κ1) is 18.2. The number of amides is 1. The number of rotatable bonds is 5. The molecule has 0 unspecified atom stereocenters. The Labute approximate surface area is 132 Å². The van der Waals surface area contributed by atoms with E-state index in [9.17, 15) is 4.79 Å². The summed E-state index contributed by atoms with van der Waals surface area (Å²) in [7, 11) is 3.53. The molecule has 1 rings (SSSR count). The van der Waals surface area contributed by atoms with Crippen molar-refractivity contribution in [2.45, 2.75) is 32.2 Å². The van der Waals surface area contributed by atoms with Crippen molar-refractivity contribution in [1.29, 1.82) is 0 Å². The van der Waals surface area contributed by atoms with Gasteiger partial charge in [0.05, 0.1) is 6.54 Å². The Morgan fingerprint density at radius 3 is 2.53 bits per heavy atom. The lowest BCUT2D eigenvalue weighted by atomic mass is 10.2. The highest BCUT2D eigenvalue weighted by molar-refractivity contribution is 14.0. The molecule has 19 heavy (non-hydrogen) atoms. The molecule has 0 fully saturated rings. The van der Waals surface area contributed by atoms with Crippen LogP contribution in [0.2, 0.25) is 0 Å². The first-order chi connectivity index (χ1) is 8.63. The largest absolute Gasteiger partial charge is 0.357 e. The number of nitrogens with one attached hydrogen (secondary N) is 2. The summed E-state index contributed by atoms with van der Waals surface area (Å²) in [6.07, 6.45) is 6.89. The van der Waals surface area contributed by atoms with Crippen molar-refractivity contribution in [1.82, 2.24) is 15.5 Å². The van der Waals surface area contributed by atoms with Gasteiger partial charge in [-0.3, -0.25) is 9.79 Å². The smallest absolute Gasteiger partial charge is 0.223 e. The minimum atomic E-state index is 0. The number of carbonyl (C=O) groups is 1. The Morgan fingerprint density at radius 1 is 1.37 bits per heavy atom. The molecular weight excluding hydrogens is 355 g/mol. The third-order valence-corrected chi connectivity index (χ3v) is 2.79. The van der Waals surface area contributed by atoms with Gasteiger partial charge in [0.25, 0.3) is 0 Å². The van der Waals surface area contributed by atoms with E-state index in [4.69, 9.17) is 0 Å². The number of guanidine groups is 1. The van der Waals surface area contributed by atoms with Crippen molar-refractivity contribution in [2.75, 3.05) is 27.2 Å². The molecule has 0 aromatic rings. The van der Waals surface area contributed by atoms with Gasteiger partial charge in [-0.15, -0.1) is 24.0 Å². The minimum Gasteiger partial charge on any atom is -0.357 e. The second kappa shape index (κ2) is 10.1. The van der Waals surface area contributed by atoms with E-state index in [0.717, 1.165) is 25.3 Å². The summed E-state index contributed by atoms with van der Waals surface area (Å²) in [5.74, 6) is 0.912. The van der Waals surface area contributed by atoms with Crippen LogP contribution in [-0.4, -0.2) is 50.0 Å². The highest BCUT2D eigenvalue weighted by Gasteiger charge is 2.11. The molecule has 0 aromatic carbocycles. The average molecular weight is 380 g/mol. The lowest BCUT2D eigenvalue weighted by Crippen LogP contribution is -2.42. The zero-order chi connectivity index (χ0) is 13.4. The SMILES string of the molecule is CCNC(=NCCC(=O)N(C)C)NC1CC=CC1.I. The van der Waals surface area contributed by atoms with Crippen molar-refractivity contribution in [3.63, 3.8) is 0 Å². The quantitative estimate of drug-likeness (QED) is 0.328. The molecule has 0 atom stereocenters. The molecule has 0 saturated heterocycles. The van der Waals surface area contributed by atoms with E-state index in [0.29, 0.717) is 19.0 Å². The van der Waals surface area contributed by atoms with E-state index in [-0.39, 0.29) is 29.9 Å². The predicted octanol–water partition coefficient (Wildman–Crippen LogP) is 1.36. The Hall–Kier alpha value is -0.790. The fraction of sp³-hybridized carbons (Fsp3) is 0.692. The molecule has 0 spiro atoms. The third-order valence-electron chi connectivity index (χ3n) is 2.79. The zero-order valence-corrected chi connectivity index (χ0v) is 14.3. The molecule has 1 aliphatic carbocycles. The number of carbonyl (C=O) groups excluding carboxylic acids is 1. The number of hydrogen-bond donors (Lipinski definition) is 2. The lowest BCUT2D eigenvalue weighted by Gasteiger charge is -2.16. The van der Waals surface area contributed by atoms with Crippen LogP contribution in [0.1, 0.15) is 26.2 Å². The Bertz CT molecular complexity index is 321. The van der Waals surface area contributed by atoms with Crippen LogP contribution in [0.25, 0.3) is 0 Å². The van der Waals surface area contributed by atoms with E-state index in [1.165, 1.54) is 0 Å². The molecule has 0 heterocycles. The van der Waals surface area contributed by atoms with Gasteiger partial charge in [-0.05, 0) is 19.8 Å². The van der Waals surface area contributed by atoms with Gasteiger partial charge in [-0.2, -0.15) is 0 Å². The number of hydrogen-bond acceptors (Lipinski definition) is 2. The fourth-order valence-corrected chi connectivity index (χ4v) is 1.74. The molecule has 6 heteroatoms. The molecule has 2 N–H and O–H groups in total. The van der Waals surface area contributed by atoms with Crippen LogP contribution in [0.15, 0.2) is 17.1 Å². The lowest BCUT2D eigenvalue weighted by molar-refractivity contribution is -0.128. The molecule has 1 aliphatic rings. The van der Waals surface area contributed by atoms with Crippen LogP contribution < -0.4 is 10.6 Å².